The van der Waals surface area contributed by atoms with Crippen molar-refractivity contribution in [2.24, 2.45) is 5.73 Å². The molecule has 0 rings (SSSR count). The molecular weight excluding hydrogens is 192 g/mol. The first kappa shape index (κ1) is 13.7. The Bertz CT molecular complexity index is 259. The van der Waals surface area contributed by atoms with Crippen molar-refractivity contribution in [1.29, 1.82) is 0 Å². The minimum atomic E-state index is -0.616. The van der Waals surface area contributed by atoms with Crippen molar-refractivity contribution in [3.63, 3.8) is 0 Å². The summed E-state index contributed by atoms with van der Waals surface area (Å²) in [7, 11) is 0. The van der Waals surface area contributed by atoms with Crippen LogP contribution < -0.4 is 11.1 Å². The third kappa shape index (κ3) is 5.20. The lowest BCUT2D eigenvalue weighted by Crippen LogP contribution is -2.42. The van der Waals surface area contributed by atoms with Gasteiger partial charge in [0.05, 0.1) is 0 Å². The van der Waals surface area contributed by atoms with Gasteiger partial charge in [0.1, 0.15) is 6.04 Å². The third-order valence-electron chi connectivity index (χ3n) is 2.04. The fourth-order valence-electron chi connectivity index (χ4n) is 1.18. The summed E-state index contributed by atoms with van der Waals surface area (Å²) in [4.78, 5) is 22.4. The van der Waals surface area contributed by atoms with Crippen molar-refractivity contribution in [3.8, 4) is 0 Å². The number of rotatable bonds is 6. The molecule has 0 fully saturated rings. The summed E-state index contributed by atoms with van der Waals surface area (Å²) in [6, 6.07) is -0.616. The normalized spacial score (nSPS) is 13.4. The number of allylic oxidation sites excluding steroid dienone is 1. The van der Waals surface area contributed by atoms with Crippen molar-refractivity contribution in [2.75, 3.05) is 0 Å². The van der Waals surface area contributed by atoms with Crippen LogP contribution in [0.5, 0.6) is 0 Å². The molecule has 0 aliphatic heterocycles. The first-order valence-electron chi connectivity index (χ1n) is 5.32. The van der Waals surface area contributed by atoms with Gasteiger partial charge >= 0.3 is 0 Å². The van der Waals surface area contributed by atoms with Crippen LogP contribution in [0.3, 0.4) is 0 Å². The second kappa shape index (κ2) is 7.04. The third-order valence-corrected chi connectivity index (χ3v) is 2.04. The fraction of sp³-hybridized carbons (Fsp3) is 0.636. The van der Waals surface area contributed by atoms with Gasteiger partial charge in [0.2, 0.25) is 11.8 Å². The lowest BCUT2D eigenvalue weighted by atomic mass is 10.1. The average Bonchev–Trinajstić information content (AvgIpc) is 2.17. The molecule has 86 valence electrons. The van der Waals surface area contributed by atoms with Crippen molar-refractivity contribution in [3.05, 3.63) is 11.6 Å². The molecule has 0 bridgehead atoms. The lowest BCUT2D eigenvalue weighted by molar-refractivity contribution is -0.125. The predicted molar refractivity (Wildman–Crippen MR) is 60.1 cm³/mol. The van der Waals surface area contributed by atoms with Gasteiger partial charge in [-0.15, -0.1) is 0 Å². The highest BCUT2D eigenvalue weighted by molar-refractivity contribution is 5.96. The summed E-state index contributed by atoms with van der Waals surface area (Å²) >= 11 is 0. The summed E-state index contributed by atoms with van der Waals surface area (Å²) in [5, 5.41) is 2.57. The molecule has 4 heteroatoms. The van der Waals surface area contributed by atoms with E-state index in [1.807, 2.05) is 19.9 Å². The fourth-order valence-corrected chi connectivity index (χ4v) is 1.18. The van der Waals surface area contributed by atoms with Crippen LogP contribution in [0.25, 0.3) is 0 Å². The second-order valence-corrected chi connectivity index (χ2v) is 3.49. The van der Waals surface area contributed by atoms with E-state index in [1.54, 1.807) is 6.92 Å². The number of carbonyl (C=O) groups is 2. The number of carbonyl (C=O) groups excluding carboxylic acids is 2. The molecule has 1 atom stereocenters. The van der Waals surface area contributed by atoms with Crippen LogP contribution in [0.2, 0.25) is 0 Å². The number of primary amides is 1. The van der Waals surface area contributed by atoms with Crippen LogP contribution in [0.4, 0.5) is 0 Å². The highest BCUT2D eigenvalue weighted by atomic mass is 16.2. The molecule has 1 unspecified atom stereocenters. The summed E-state index contributed by atoms with van der Waals surface area (Å²) in [6.07, 6.45) is 4.33. The average molecular weight is 212 g/mol. The zero-order valence-corrected chi connectivity index (χ0v) is 9.67. The van der Waals surface area contributed by atoms with Crippen molar-refractivity contribution in [1.82, 2.24) is 5.32 Å². The van der Waals surface area contributed by atoms with Crippen molar-refractivity contribution < 1.29 is 9.59 Å². The van der Waals surface area contributed by atoms with E-state index >= 15 is 0 Å². The lowest BCUT2D eigenvalue weighted by Gasteiger charge is -2.12. The van der Waals surface area contributed by atoms with E-state index < -0.39 is 11.9 Å². The molecule has 0 aromatic carbocycles. The zero-order chi connectivity index (χ0) is 11.8. The van der Waals surface area contributed by atoms with Gasteiger partial charge in [0, 0.05) is 5.57 Å². The standard InChI is InChI=1S/C11H20N2O2/c1-4-6-9(7-5-2)11(15)13-8(3)10(12)14/h6,8H,4-5,7H2,1-3H3,(H2,12,14)(H,13,15)/b9-6-. The zero-order valence-electron chi connectivity index (χ0n) is 9.67. The maximum Gasteiger partial charge on any atom is 0.247 e. The first-order valence-corrected chi connectivity index (χ1v) is 5.32. The van der Waals surface area contributed by atoms with Gasteiger partial charge in [-0.25, -0.2) is 0 Å². The van der Waals surface area contributed by atoms with Crippen molar-refractivity contribution >= 4 is 11.8 Å². The topological polar surface area (TPSA) is 72.2 Å². The molecule has 0 aliphatic carbocycles. The predicted octanol–water partition coefficient (Wildman–Crippen LogP) is 1.11. The number of amides is 2. The molecule has 0 saturated heterocycles. The number of nitrogens with two attached hydrogens (primary N) is 1. The molecule has 15 heavy (non-hydrogen) atoms. The molecule has 3 N–H and O–H groups in total. The van der Waals surface area contributed by atoms with Crippen LogP contribution in [-0.4, -0.2) is 17.9 Å². The summed E-state index contributed by atoms with van der Waals surface area (Å²) in [5.74, 6) is -0.708. The highest BCUT2D eigenvalue weighted by Crippen LogP contribution is 2.06. The number of hydrogen-bond donors (Lipinski definition) is 2. The van der Waals surface area contributed by atoms with E-state index in [1.165, 1.54) is 0 Å². The monoisotopic (exact) mass is 212 g/mol. The number of hydrogen-bond acceptors (Lipinski definition) is 2. The van der Waals surface area contributed by atoms with Crippen LogP contribution in [0.1, 0.15) is 40.0 Å². The summed E-state index contributed by atoms with van der Waals surface area (Å²) < 4.78 is 0. The molecule has 0 radical (unpaired) electrons. The Balaban J connectivity index is 4.39. The largest absolute Gasteiger partial charge is 0.368 e. The van der Waals surface area contributed by atoms with Crippen LogP contribution in [0.15, 0.2) is 11.6 Å². The van der Waals surface area contributed by atoms with Crippen molar-refractivity contribution in [2.45, 2.75) is 46.1 Å². The van der Waals surface area contributed by atoms with Gasteiger partial charge in [-0.1, -0.05) is 26.3 Å². The van der Waals surface area contributed by atoms with Crippen LogP contribution in [-0.2, 0) is 9.59 Å². The number of nitrogens with one attached hydrogen (secondary N) is 1. The van der Waals surface area contributed by atoms with Gasteiger partial charge in [-0.3, -0.25) is 9.59 Å². The Hall–Kier alpha value is -1.32. The van der Waals surface area contributed by atoms with Gasteiger partial charge in [0.15, 0.2) is 0 Å². The SMILES string of the molecule is CC/C=C(/CCC)C(=O)NC(C)C(N)=O. The molecule has 0 saturated carbocycles. The molecule has 0 aliphatic rings. The Kier molecular flexibility index (Phi) is 6.42. The quantitative estimate of drug-likeness (QED) is 0.647. The smallest absolute Gasteiger partial charge is 0.247 e. The van der Waals surface area contributed by atoms with Gasteiger partial charge < -0.3 is 11.1 Å². The molecular formula is C11H20N2O2. The summed E-state index contributed by atoms with van der Waals surface area (Å²) in [6.45, 7) is 5.56. The maximum absolute atomic E-state index is 11.7. The molecule has 0 spiro atoms. The Morgan fingerprint density at radius 1 is 1.40 bits per heavy atom. The Labute approximate surface area is 90.9 Å². The van der Waals surface area contributed by atoms with E-state index in [0.29, 0.717) is 0 Å². The summed E-state index contributed by atoms with van der Waals surface area (Å²) in [5.41, 5.74) is 5.79. The van der Waals surface area contributed by atoms with E-state index in [2.05, 4.69) is 5.32 Å². The maximum atomic E-state index is 11.7. The van der Waals surface area contributed by atoms with E-state index in [-0.39, 0.29) is 5.91 Å². The molecule has 0 aromatic heterocycles. The molecule has 0 aromatic rings. The van der Waals surface area contributed by atoms with Crippen LogP contribution >= 0.6 is 0 Å². The van der Waals surface area contributed by atoms with Gasteiger partial charge in [0.25, 0.3) is 0 Å². The van der Waals surface area contributed by atoms with E-state index in [4.69, 9.17) is 5.73 Å². The Morgan fingerprint density at radius 3 is 2.40 bits per heavy atom. The molecule has 0 heterocycles. The van der Waals surface area contributed by atoms with Gasteiger partial charge in [-0.2, -0.15) is 0 Å². The Morgan fingerprint density at radius 2 is 2.00 bits per heavy atom. The first-order chi connectivity index (χ1) is 7.02. The van der Waals surface area contributed by atoms with E-state index in [9.17, 15) is 9.59 Å². The minimum Gasteiger partial charge on any atom is -0.368 e. The second-order valence-electron chi connectivity index (χ2n) is 3.49. The molecule has 4 nitrogen and oxygen atoms in total. The van der Waals surface area contributed by atoms with Crippen LogP contribution in [0, 0.1) is 0 Å². The highest BCUT2D eigenvalue weighted by Gasteiger charge is 2.14. The minimum absolute atomic E-state index is 0.190. The van der Waals surface area contributed by atoms with Gasteiger partial charge in [-0.05, 0) is 19.8 Å². The van der Waals surface area contributed by atoms with E-state index in [0.717, 1.165) is 24.8 Å². The molecule has 2 amide bonds.